The van der Waals surface area contributed by atoms with Crippen LogP contribution >= 0.6 is 0 Å². The van der Waals surface area contributed by atoms with Gasteiger partial charge in [-0.1, -0.05) is 48.5 Å². The summed E-state index contributed by atoms with van der Waals surface area (Å²) in [5.74, 6) is -0.836. The first-order valence-corrected chi connectivity index (χ1v) is 8.62. The first kappa shape index (κ1) is 15.6. The Labute approximate surface area is 154 Å². The molecule has 0 atom stereocenters. The predicted molar refractivity (Wildman–Crippen MR) is 99.6 cm³/mol. The normalized spacial score (nSPS) is 12.7. The monoisotopic (exact) mass is 357 g/mol. The Hall–Kier alpha value is -3.67. The molecule has 2 N–H and O–H groups in total. The average molecular weight is 357 g/mol. The minimum atomic E-state index is -0.584. The number of rotatable bonds is 3. The van der Waals surface area contributed by atoms with Gasteiger partial charge in [-0.05, 0) is 34.4 Å². The lowest BCUT2D eigenvalue weighted by atomic mass is 9.98. The molecule has 0 bridgehead atoms. The summed E-state index contributed by atoms with van der Waals surface area (Å²) >= 11 is 0. The van der Waals surface area contributed by atoms with Crippen LogP contribution < -0.4 is 0 Å². The summed E-state index contributed by atoms with van der Waals surface area (Å²) in [5, 5.41) is 20.5. The van der Waals surface area contributed by atoms with E-state index in [1.807, 2.05) is 24.3 Å². The highest BCUT2D eigenvalue weighted by atomic mass is 16.5. The molecule has 1 aliphatic rings. The van der Waals surface area contributed by atoms with E-state index in [1.54, 1.807) is 6.07 Å². The Morgan fingerprint density at radius 3 is 2.33 bits per heavy atom. The van der Waals surface area contributed by atoms with Crippen LogP contribution in [0.3, 0.4) is 0 Å². The number of esters is 1. The van der Waals surface area contributed by atoms with Crippen molar-refractivity contribution < 1.29 is 14.6 Å². The highest BCUT2D eigenvalue weighted by Crippen LogP contribution is 2.44. The molecule has 0 amide bonds. The maximum absolute atomic E-state index is 12.6. The summed E-state index contributed by atoms with van der Waals surface area (Å²) in [7, 11) is 0. The molecular formula is C21H15N3O3. The van der Waals surface area contributed by atoms with E-state index in [9.17, 15) is 9.90 Å². The largest absolute Gasteiger partial charge is 0.505 e. The van der Waals surface area contributed by atoms with Gasteiger partial charge in [0.05, 0.1) is 0 Å². The van der Waals surface area contributed by atoms with Gasteiger partial charge < -0.3 is 9.84 Å². The van der Waals surface area contributed by atoms with Crippen LogP contribution in [0.15, 0.2) is 60.7 Å². The molecule has 0 saturated carbocycles. The summed E-state index contributed by atoms with van der Waals surface area (Å²) in [6, 6.07) is 19.4. The number of hydrogen-bond donors (Lipinski definition) is 2. The Kier molecular flexibility index (Phi) is 3.43. The first-order chi connectivity index (χ1) is 13.2. The topological polar surface area (TPSA) is 88.1 Å². The SMILES string of the molecule is O=C(OCC1c2ccccc2-c2ccccc21)c1ccc2n[nH]nc2c1O. The number of ether oxygens (including phenoxy) is 1. The van der Waals surface area contributed by atoms with Crippen LogP contribution in [0.5, 0.6) is 5.75 Å². The van der Waals surface area contributed by atoms with Crippen LogP contribution in [0.4, 0.5) is 0 Å². The van der Waals surface area contributed by atoms with Crippen LogP contribution in [-0.2, 0) is 4.74 Å². The second-order valence-corrected chi connectivity index (χ2v) is 6.48. The number of phenols is 1. The van der Waals surface area contributed by atoms with Gasteiger partial charge >= 0.3 is 5.97 Å². The van der Waals surface area contributed by atoms with E-state index in [0.29, 0.717) is 5.52 Å². The van der Waals surface area contributed by atoms with Crippen molar-refractivity contribution >= 4 is 17.0 Å². The van der Waals surface area contributed by atoms with E-state index >= 15 is 0 Å². The number of H-pyrrole nitrogens is 1. The molecular weight excluding hydrogens is 342 g/mol. The van der Waals surface area contributed by atoms with Gasteiger partial charge in [-0.3, -0.25) is 0 Å². The average Bonchev–Trinajstić information content (AvgIpc) is 3.30. The molecule has 6 nitrogen and oxygen atoms in total. The Balaban J connectivity index is 1.44. The standard InChI is InChI=1S/C21H15N3O3/c25-20-16(9-10-18-19(20)23-24-22-18)21(26)27-11-17-14-7-3-1-5-12(14)13-6-2-4-8-15(13)17/h1-10,17,25H,11H2,(H,22,23,24). The third-order valence-corrected chi connectivity index (χ3v) is 5.03. The van der Waals surface area contributed by atoms with E-state index in [0.717, 1.165) is 11.1 Å². The smallest absolute Gasteiger partial charge is 0.342 e. The molecule has 6 heteroatoms. The van der Waals surface area contributed by atoms with Gasteiger partial charge in [0.1, 0.15) is 17.7 Å². The van der Waals surface area contributed by atoms with Crippen LogP contribution in [-0.4, -0.2) is 33.1 Å². The number of fused-ring (bicyclic) bond motifs is 4. The van der Waals surface area contributed by atoms with Crippen molar-refractivity contribution in [3.05, 3.63) is 77.4 Å². The summed E-state index contributed by atoms with van der Waals surface area (Å²) in [6.07, 6.45) is 0. The third-order valence-electron chi connectivity index (χ3n) is 5.03. The molecule has 132 valence electrons. The molecule has 1 aromatic heterocycles. The lowest BCUT2D eigenvalue weighted by molar-refractivity contribution is 0.0490. The van der Waals surface area contributed by atoms with Crippen molar-refractivity contribution in [2.24, 2.45) is 0 Å². The van der Waals surface area contributed by atoms with Crippen LogP contribution in [0, 0.1) is 0 Å². The summed E-state index contributed by atoms with van der Waals surface area (Å²) < 4.78 is 5.57. The molecule has 1 aliphatic carbocycles. The number of phenolic OH excluding ortho intramolecular Hbond substituents is 1. The van der Waals surface area contributed by atoms with E-state index < -0.39 is 5.97 Å². The second kappa shape index (κ2) is 5.95. The maximum atomic E-state index is 12.6. The van der Waals surface area contributed by atoms with Gasteiger partial charge in [0.15, 0.2) is 11.3 Å². The van der Waals surface area contributed by atoms with Gasteiger partial charge in [-0.25, -0.2) is 4.79 Å². The predicted octanol–water partition coefficient (Wildman–Crippen LogP) is 3.63. The zero-order valence-corrected chi connectivity index (χ0v) is 14.2. The van der Waals surface area contributed by atoms with Crippen molar-refractivity contribution in [3.8, 4) is 16.9 Å². The minimum absolute atomic E-state index is 0.0284. The van der Waals surface area contributed by atoms with Gasteiger partial charge in [0, 0.05) is 5.92 Å². The second-order valence-electron chi connectivity index (χ2n) is 6.48. The number of nitrogens with one attached hydrogen (secondary N) is 1. The number of carbonyl (C=O) groups is 1. The Bertz CT molecular complexity index is 1140. The van der Waals surface area contributed by atoms with Crippen molar-refractivity contribution in [2.75, 3.05) is 6.61 Å². The third kappa shape index (κ3) is 2.38. The number of hydrogen-bond acceptors (Lipinski definition) is 5. The van der Waals surface area contributed by atoms with Gasteiger partial charge in [0.25, 0.3) is 0 Å². The maximum Gasteiger partial charge on any atom is 0.342 e. The van der Waals surface area contributed by atoms with Crippen molar-refractivity contribution in [3.63, 3.8) is 0 Å². The molecule has 0 fully saturated rings. The highest BCUT2D eigenvalue weighted by molar-refractivity contribution is 5.98. The molecule has 4 aromatic rings. The highest BCUT2D eigenvalue weighted by Gasteiger charge is 2.29. The zero-order chi connectivity index (χ0) is 18.4. The van der Waals surface area contributed by atoms with E-state index in [-0.39, 0.29) is 29.4 Å². The summed E-state index contributed by atoms with van der Waals surface area (Å²) in [4.78, 5) is 12.6. The van der Waals surface area contributed by atoms with E-state index in [2.05, 4.69) is 39.7 Å². The summed E-state index contributed by atoms with van der Waals surface area (Å²) in [6.45, 7) is 0.198. The molecule has 0 aliphatic heterocycles. The van der Waals surface area contributed by atoms with Crippen LogP contribution in [0.1, 0.15) is 27.4 Å². The lowest BCUT2D eigenvalue weighted by Gasteiger charge is -2.14. The van der Waals surface area contributed by atoms with Crippen LogP contribution in [0.25, 0.3) is 22.2 Å². The minimum Gasteiger partial charge on any atom is -0.505 e. The number of aromatic nitrogens is 3. The Morgan fingerprint density at radius 1 is 0.963 bits per heavy atom. The molecule has 0 unspecified atom stereocenters. The van der Waals surface area contributed by atoms with Crippen molar-refractivity contribution in [2.45, 2.75) is 5.92 Å². The van der Waals surface area contributed by atoms with Crippen LogP contribution in [0.2, 0.25) is 0 Å². The first-order valence-electron chi connectivity index (χ1n) is 8.62. The van der Waals surface area contributed by atoms with Gasteiger partial charge in [-0.2, -0.15) is 15.4 Å². The van der Waals surface area contributed by atoms with Crippen molar-refractivity contribution in [1.29, 1.82) is 0 Å². The fourth-order valence-electron chi connectivity index (χ4n) is 3.74. The zero-order valence-electron chi connectivity index (χ0n) is 14.2. The molecule has 1 heterocycles. The number of aromatic hydroxyl groups is 1. The van der Waals surface area contributed by atoms with E-state index in [4.69, 9.17) is 4.74 Å². The number of aromatic amines is 1. The van der Waals surface area contributed by atoms with Crippen molar-refractivity contribution in [1.82, 2.24) is 15.4 Å². The summed E-state index contributed by atoms with van der Waals surface area (Å²) in [5.41, 5.74) is 5.44. The molecule has 3 aromatic carbocycles. The molecule has 27 heavy (non-hydrogen) atoms. The number of carbonyl (C=O) groups excluding carboxylic acids is 1. The fraction of sp³-hybridized carbons (Fsp3) is 0.0952. The molecule has 0 saturated heterocycles. The molecule has 0 spiro atoms. The molecule has 5 rings (SSSR count). The van der Waals surface area contributed by atoms with Gasteiger partial charge in [0.2, 0.25) is 0 Å². The van der Waals surface area contributed by atoms with E-state index in [1.165, 1.54) is 17.2 Å². The number of nitrogens with zero attached hydrogens (tertiary/aromatic N) is 2. The number of benzene rings is 3. The lowest BCUT2D eigenvalue weighted by Crippen LogP contribution is -2.13. The quantitative estimate of drug-likeness (QED) is 0.547. The van der Waals surface area contributed by atoms with Gasteiger partial charge in [-0.15, -0.1) is 0 Å². The fourth-order valence-corrected chi connectivity index (χ4v) is 3.74. The molecule has 0 radical (unpaired) electrons. The Morgan fingerprint density at radius 2 is 1.63 bits per heavy atom.